The van der Waals surface area contributed by atoms with Crippen molar-refractivity contribution in [1.82, 2.24) is 0 Å². The maximum Gasteiger partial charge on any atom is 0.127 e. The summed E-state index contributed by atoms with van der Waals surface area (Å²) in [5, 5.41) is 0. The normalized spacial score (nSPS) is 10.3. The van der Waals surface area contributed by atoms with Gasteiger partial charge in [0.1, 0.15) is 23.9 Å². The largest absolute Gasteiger partial charge is 0.489 e. The Bertz CT molecular complexity index is 739. The summed E-state index contributed by atoms with van der Waals surface area (Å²) in [6.07, 6.45) is 0. The molecule has 116 valence electrons. The Kier molecular flexibility index (Phi) is 5.17. The quantitative estimate of drug-likeness (QED) is 0.534. The molecule has 0 aromatic heterocycles. The van der Waals surface area contributed by atoms with Gasteiger partial charge in [-0.2, -0.15) is 0 Å². The van der Waals surface area contributed by atoms with E-state index in [-0.39, 0.29) is 0 Å². The predicted molar refractivity (Wildman–Crippen MR) is 93.3 cm³/mol. The van der Waals surface area contributed by atoms with Gasteiger partial charge in [0.15, 0.2) is 0 Å². The number of ether oxygens (including phenoxy) is 2. The number of halogens is 1. The van der Waals surface area contributed by atoms with E-state index in [2.05, 4.69) is 0 Å². The molecule has 3 aromatic carbocycles. The fourth-order valence-electron chi connectivity index (χ4n) is 2.17. The lowest BCUT2D eigenvalue weighted by atomic mass is 10.2. The summed E-state index contributed by atoms with van der Waals surface area (Å²) in [6.45, 7) is 0.554. The summed E-state index contributed by atoms with van der Waals surface area (Å²) in [5.74, 6) is 2.84. The smallest absolute Gasteiger partial charge is 0.127 e. The van der Waals surface area contributed by atoms with Crippen molar-refractivity contribution < 1.29 is 9.47 Å². The molecule has 0 saturated heterocycles. The molecule has 0 aliphatic carbocycles. The summed E-state index contributed by atoms with van der Waals surface area (Å²) in [6, 6.07) is 25.5. The zero-order valence-electron chi connectivity index (χ0n) is 12.6. The third-order valence-corrected chi connectivity index (χ3v) is 3.67. The van der Waals surface area contributed by atoms with E-state index in [1.807, 2.05) is 78.9 Å². The summed E-state index contributed by atoms with van der Waals surface area (Å²) >= 11 is 5.84. The Labute approximate surface area is 141 Å². The maximum absolute atomic E-state index is 5.84. The fraction of sp³-hybridized carbons (Fsp3) is 0.100. The molecule has 3 aromatic rings. The van der Waals surface area contributed by atoms with Crippen LogP contribution < -0.4 is 9.47 Å². The lowest BCUT2D eigenvalue weighted by Gasteiger charge is -2.09. The van der Waals surface area contributed by atoms with E-state index in [4.69, 9.17) is 21.1 Å². The van der Waals surface area contributed by atoms with Gasteiger partial charge in [-0.25, -0.2) is 0 Å². The molecule has 3 heteroatoms. The molecule has 0 spiro atoms. The van der Waals surface area contributed by atoms with Crippen molar-refractivity contribution in [3.63, 3.8) is 0 Å². The number of alkyl halides is 1. The third-order valence-electron chi connectivity index (χ3n) is 3.36. The van der Waals surface area contributed by atoms with Gasteiger partial charge < -0.3 is 9.47 Å². The Balaban J connectivity index is 1.60. The van der Waals surface area contributed by atoms with Crippen molar-refractivity contribution in [1.29, 1.82) is 0 Å². The van der Waals surface area contributed by atoms with Gasteiger partial charge >= 0.3 is 0 Å². The van der Waals surface area contributed by atoms with Crippen LogP contribution in [0, 0.1) is 0 Å². The van der Waals surface area contributed by atoms with Gasteiger partial charge in [-0.1, -0.05) is 42.5 Å². The summed E-state index contributed by atoms with van der Waals surface area (Å²) in [4.78, 5) is 0. The minimum Gasteiger partial charge on any atom is -0.489 e. The molecule has 23 heavy (non-hydrogen) atoms. The van der Waals surface area contributed by atoms with E-state index < -0.39 is 0 Å². The predicted octanol–water partition coefficient (Wildman–Crippen LogP) is 5.80. The first-order chi connectivity index (χ1) is 11.3. The number of benzene rings is 3. The molecular formula is C20H17ClO2. The SMILES string of the molecule is ClCc1cccc(Oc2ccc(OCc3ccccc3)cc2)c1. The van der Waals surface area contributed by atoms with Crippen molar-refractivity contribution in [2.45, 2.75) is 12.5 Å². The number of rotatable bonds is 6. The Morgan fingerprint density at radius 2 is 1.35 bits per heavy atom. The van der Waals surface area contributed by atoms with Gasteiger partial charge in [0.2, 0.25) is 0 Å². The zero-order valence-corrected chi connectivity index (χ0v) is 13.4. The Morgan fingerprint density at radius 3 is 2.09 bits per heavy atom. The van der Waals surface area contributed by atoms with Gasteiger partial charge in [-0.3, -0.25) is 0 Å². The van der Waals surface area contributed by atoms with Crippen LogP contribution in [-0.2, 0) is 12.5 Å². The van der Waals surface area contributed by atoms with Crippen LogP contribution in [0.25, 0.3) is 0 Å². The average molecular weight is 325 g/mol. The molecule has 0 aliphatic rings. The van der Waals surface area contributed by atoms with Crippen molar-refractivity contribution in [2.75, 3.05) is 0 Å². The second-order valence-electron chi connectivity index (χ2n) is 5.13. The molecule has 0 bridgehead atoms. The highest BCUT2D eigenvalue weighted by Crippen LogP contribution is 2.25. The molecule has 0 radical (unpaired) electrons. The monoisotopic (exact) mass is 324 g/mol. The van der Waals surface area contributed by atoms with Crippen molar-refractivity contribution >= 4 is 11.6 Å². The second-order valence-corrected chi connectivity index (χ2v) is 5.40. The van der Waals surface area contributed by atoms with E-state index >= 15 is 0 Å². The van der Waals surface area contributed by atoms with Crippen molar-refractivity contribution in [2.24, 2.45) is 0 Å². The third kappa shape index (κ3) is 4.51. The summed E-state index contributed by atoms with van der Waals surface area (Å²) < 4.78 is 11.6. The van der Waals surface area contributed by atoms with Gasteiger partial charge in [0.05, 0.1) is 0 Å². The minimum absolute atomic E-state index is 0.476. The zero-order chi connectivity index (χ0) is 15.9. The highest BCUT2D eigenvalue weighted by atomic mass is 35.5. The van der Waals surface area contributed by atoms with E-state index in [0.29, 0.717) is 12.5 Å². The molecule has 0 amide bonds. The van der Waals surface area contributed by atoms with E-state index in [9.17, 15) is 0 Å². The molecule has 0 heterocycles. The highest BCUT2D eigenvalue weighted by Gasteiger charge is 2.00. The molecule has 0 fully saturated rings. The average Bonchev–Trinajstić information content (AvgIpc) is 2.62. The van der Waals surface area contributed by atoms with Crippen LogP contribution in [0.4, 0.5) is 0 Å². The molecule has 0 atom stereocenters. The van der Waals surface area contributed by atoms with E-state index in [1.54, 1.807) is 0 Å². The van der Waals surface area contributed by atoms with Crippen LogP contribution in [0.2, 0.25) is 0 Å². The maximum atomic E-state index is 5.84. The molecular weight excluding hydrogens is 308 g/mol. The first-order valence-corrected chi connectivity index (χ1v) is 7.96. The van der Waals surface area contributed by atoms with Gasteiger partial charge in [-0.05, 0) is 47.5 Å². The molecule has 0 N–H and O–H groups in total. The first-order valence-electron chi connectivity index (χ1n) is 7.43. The summed E-state index contributed by atoms with van der Waals surface area (Å²) in [7, 11) is 0. The highest BCUT2D eigenvalue weighted by molar-refractivity contribution is 6.17. The molecule has 0 aliphatic heterocycles. The van der Waals surface area contributed by atoms with Crippen LogP contribution in [0.3, 0.4) is 0 Å². The van der Waals surface area contributed by atoms with Crippen LogP contribution >= 0.6 is 11.6 Å². The Hall–Kier alpha value is -2.45. The van der Waals surface area contributed by atoms with Crippen LogP contribution in [0.5, 0.6) is 17.2 Å². The van der Waals surface area contributed by atoms with Crippen molar-refractivity contribution in [3.8, 4) is 17.2 Å². The van der Waals surface area contributed by atoms with Crippen molar-refractivity contribution in [3.05, 3.63) is 90.0 Å². The minimum atomic E-state index is 0.476. The van der Waals surface area contributed by atoms with Gasteiger partial charge in [-0.15, -0.1) is 11.6 Å². The van der Waals surface area contributed by atoms with Crippen LogP contribution in [0.1, 0.15) is 11.1 Å². The van der Waals surface area contributed by atoms with Crippen LogP contribution in [-0.4, -0.2) is 0 Å². The lowest BCUT2D eigenvalue weighted by molar-refractivity contribution is 0.306. The van der Waals surface area contributed by atoms with Crippen LogP contribution in [0.15, 0.2) is 78.9 Å². The second kappa shape index (κ2) is 7.70. The molecule has 2 nitrogen and oxygen atoms in total. The van der Waals surface area contributed by atoms with E-state index in [0.717, 1.165) is 28.4 Å². The molecule has 0 unspecified atom stereocenters. The van der Waals surface area contributed by atoms with E-state index in [1.165, 1.54) is 0 Å². The number of hydrogen-bond donors (Lipinski definition) is 0. The lowest BCUT2D eigenvalue weighted by Crippen LogP contribution is -1.94. The van der Waals surface area contributed by atoms with Gasteiger partial charge in [0, 0.05) is 5.88 Å². The fourth-order valence-corrected chi connectivity index (χ4v) is 2.34. The Morgan fingerprint density at radius 1 is 0.652 bits per heavy atom. The molecule has 0 saturated carbocycles. The topological polar surface area (TPSA) is 18.5 Å². The first kappa shape index (κ1) is 15.4. The summed E-state index contributed by atoms with van der Waals surface area (Å²) in [5.41, 5.74) is 2.18. The molecule has 3 rings (SSSR count). The van der Waals surface area contributed by atoms with Gasteiger partial charge in [0.25, 0.3) is 0 Å². The number of hydrogen-bond acceptors (Lipinski definition) is 2. The standard InChI is InChI=1S/C20H17ClO2/c21-14-17-7-4-8-20(13-17)23-19-11-9-18(10-12-19)22-15-16-5-2-1-3-6-16/h1-13H,14-15H2.